The van der Waals surface area contributed by atoms with Gasteiger partial charge in [-0.15, -0.1) is 0 Å². The molecule has 0 saturated heterocycles. The molecule has 1 aromatic heterocycles. The van der Waals surface area contributed by atoms with Crippen molar-refractivity contribution in [3.63, 3.8) is 0 Å². The fourth-order valence-corrected chi connectivity index (χ4v) is 2.56. The molecular weight excluding hydrogens is 252 g/mol. The van der Waals surface area contributed by atoms with Crippen LogP contribution in [0.3, 0.4) is 0 Å². The average molecular weight is 266 g/mol. The third-order valence-electron chi connectivity index (χ3n) is 2.68. The van der Waals surface area contributed by atoms with Crippen molar-refractivity contribution in [2.24, 2.45) is 0 Å². The van der Waals surface area contributed by atoms with Crippen molar-refractivity contribution in [2.45, 2.75) is 18.7 Å². The molecule has 0 spiro atoms. The van der Waals surface area contributed by atoms with Gasteiger partial charge in [-0.05, 0) is 19.1 Å². The lowest BCUT2D eigenvalue weighted by molar-refractivity contribution is 0.549. The SMILES string of the molecule is CCS(=O)(=O)c1ccc(-c2nc(N)oc2C)cc1. The van der Waals surface area contributed by atoms with Crippen molar-refractivity contribution in [1.29, 1.82) is 0 Å². The number of anilines is 1. The zero-order chi connectivity index (χ0) is 13.3. The summed E-state index contributed by atoms with van der Waals surface area (Å²) in [6.45, 7) is 3.38. The van der Waals surface area contributed by atoms with Crippen LogP contribution in [0.2, 0.25) is 0 Å². The molecule has 0 atom stereocenters. The molecule has 5 nitrogen and oxygen atoms in total. The topological polar surface area (TPSA) is 86.2 Å². The summed E-state index contributed by atoms with van der Waals surface area (Å²) >= 11 is 0. The Morgan fingerprint density at radius 1 is 1.28 bits per heavy atom. The van der Waals surface area contributed by atoms with Crippen LogP contribution < -0.4 is 5.73 Å². The number of nitrogens with two attached hydrogens (primary N) is 1. The summed E-state index contributed by atoms with van der Waals surface area (Å²) in [6, 6.07) is 6.64. The molecule has 0 bridgehead atoms. The maximum absolute atomic E-state index is 11.7. The summed E-state index contributed by atoms with van der Waals surface area (Å²) in [5.41, 5.74) is 6.88. The lowest BCUT2D eigenvalue weighted by Gasteiger charge is -2.02. The number of nitrogens with zero attached hydrogens (tertiary/aromatic N) is 1. The summed E-state index contributed by atoms with van der Waals surface area (Å²) < 4.78 is 28.5. The first-order valence-electron chi connectivity index (χ1n) is 5.50. The van der Waals surface area contributed by atoms with Crippen molar-refractivity contribution in [3.8, 4) is 11.3 Å². The van der Waals surface area contributed by atoms with Crippen LogP contribution in [0.15, 0.2) is 33.6 Å². The van der Waals surface area contributed by atoms with Crippen molar-refractivity contribution < 1.29 is 12.8 Å². The third kappa shape index (κ3) is 2.24. The lowest BCUT2D eigenvalue weighted by Crippen LogP contribution is -2.03. The highest BCUT2D eigenvalue weighted by Gasteiger charge is 2.13. The molecule has 0 aliphatic carbocycles. The monoisotopic (exact) mass is 266 g/mol. The molecular formula is C12H14N2O3S. The molecule has 2 aromatic rings. The minimum absolute atomic E-state index is 0.0856. The number of hydrogen-bond acceptors (Lipinski definition) is 5. The Hall–Kier alpha value is -1.82. The van der Waals surface area contributed by atoms with Gasteiger partial charge in [0.25, 0.3) is 6.01 Å². The van der Waals surface area contributed by atoms with E-state index < -0.39 is 9.84 Å². The predicted molar refractivity (Wildman–Crippen MR) is 68.8 cm³/mol. The smallest absolute Gasteiger partial charge is 0.292 e. The van der Waals surface area contributed by atoms with Crippen LogP contribution in [-0.4, -0.2) is 19.2 Å². The number of sulfone groups is 1. The van der Waals surface area contributed by atoms with Crippen molar-refractivity contribution in [3.05, 3.63) is 30.0 Å². The number of nitrogen functional groups attached to an aromatic ring is 1. The number of rotatable bonds is 3. The van der Waals surface area contributed by atoms with Gasteiger partial charge in [-0.1, -0.05) is 19.1 Å². The summed E-state index contributed by atoms with van der Waals surface area (Å²) in [4.78, 5) is 4.36. The third-order valence-corrected chi connectivity index (χ3v) is 4.43. The standard InChI is InChI=1S/C12H14N2O3S/c1-3-18(15,16)10-6-4-9(5-7-10)11-8(2)17-12(13)14-11/h4-7H,3H2,1-2H3,(H2,13,14). The van der Waals surface area contributed by atoms with E-state index in [0.717, 1.165) is 5.56 Å². The summed E-state index contributed by atoms with van der Waals surface area (Å²) in [5.74, 6) is 0.695. The molecule has 18 heavy (non-hydrogen) atoms. The normalized spacial score (nSPS) is 11.7. The molecule has 1 heterocycles. The molecule has 0 amide bonds. The molecule has 0 saturated carbocycles. The summed E-state index contributed by atoms with van der Waals surface area (Å²) in [5, 5.41) is 0. The Kier molecular flexibility index (Phi) is 3.13. The van der Waals surface area contributed by atoms with Gasteiger partial charge in [0.05, 0.1) is 10.6 Å². The minimum atomic E-state index is -3.17. The Labute approximate surface area is 106 Å². The highest BCUT2D eigenvalue weighted by atomic mass is 32.2. The van der Waals surface area contributed by atoms with Crippen LogP contribution in [-0.2, 0) is 9.84 Å². The van der Waals surface area contributed by atoms with Crippen LogP contribution >= 0.6 is 0 Å². The zero-order valence-corrected chi connectivity index (χ0v) is 11.0. The Morgan fingerprint density at radius 2 is 1.89 bits per heavy atom. The van der Waals surface area contributed by atoms with Crippen LogP contribution in [0, 0.1) is 6.92 Å². The Bertz CT molecular complexity index is 657. The fraction of sp³-hybridized carbons (Fsp3) is 0.250. The van der Waals surface area contributed by atoms with Gasteiger partial charge >= 0.3 is 0 Å². The number of aromatic nitrogens is 1. The van der Waals surface area contributed by atoms with E-state index in [1.807, 2.05) is 0 Å². The van der Waals surface area contributed by atoms with Gasteiger partial charge in [0, 0.05) is 5.56 Å². The maximum atomic E-state index is 11.7. The highest BCUT2D eigenvalue weighted by molar-refractivity contribution is 7.91. The Balaban J connectivity index is 2.42. The number of oxazole rings is 1. The second-order valence-corrected chi connectivity index (χ2v) is 6.16. The molecule has 0 aliphatic heterocycles. The van der Waals surface area contributed by atoms with E-state index in [9.17, 15) is 8.42 Å². The molecule has 0 radical (unpaired) electrons. The summed E-state index contributed by atoms with van der Waals surface area (Å²) in [6.07, 6.45) is 0. The molecule has 0 aliphatic rings. The second-order valence-electron chi connectivity index (χ2n) is 3.88. The van der Waals surface area contributed by atoms with Crippen LogP contribution in [0.5, 0.6) is 0 Å². The number of aryl methyl sites for hydroxylation is 1. The van der Waals surface area contributed by atoms with Crippen molar-refractivity contribution in [2.75, 3.05) is 11.5 Å². The Morgan fingerprint density at radius 3 is 2.33 bits per heavy atom. The van der Waals surface area contributed by atoms with E-state index >= 15 is 0 Å². The average Bonchev–Trinajstić information content (AvgIpc) is 2.69. The minimum Gasteiger partial charge on any atom is -0.429 e. The lowest BCUT2D eigenvalue weighted by atomic mass is 10.1. The predicted octanol–water partition coefficient (Wildman–Crippen LogP) is 2.03. The van der Waals surface area contributed by atoms with Crippen LogP contribution in [0.4, 0.5) is 6.01 Å². The first kappa shape index (κ1) is 12.6. The quantitative estimate of drug-likeness (QED) is 0.918. The number of hydrogen-bond donors (Lipinski definition) is 1. The summed E-state index contributed by atoms with van der Waals surface area (Å²) in [7, 11) is -3.17. The van der Waals surface area contributed by atoms with Crippen molar-refractivity contribution in [1.82, 2.24) is 4.98 Å². The zero-order valence-electron chi connectivity index (χ0n) is 10.2. The molecule has 0 fully saturated rings. The largest absolute Gasteiger partial charge is 0.429 e. The van der Waals surface area contributed by atoms with E-state index in [2.05, 4.69) is 4.98 Å². The van der Waals surface area contributed by atoms with Gasteiger partial charge in [-0.2, -0.15) is 4.98 Å². The van der Waals surface area contributed by atoms with Gasteiger partial charge in [-0.3, -0.25) is 0 Å². The van der Waals surface area contributed by atoms with Gasteiger partial charge in [0.15, 0.2) is 9.84 Å². The molecule has 1 aromatic carbocycles. The van der Waals surface area contributed by atoms with Crippen LogP contribution in [0.25, 0.3) is 11.3 Å². The van der Waals surface area contributed by atoms with Crippen LogP contribution in [0.1, 0.15) is 12.7 Å². The van der Waals surface area contributed by atoms with Gasteiger partial charge in [0.2, 0.25) is 0 Å². The van der Waals surface area contributed by atoms with Gasteiger partial charge < -0.3 is 10.2 Å². The number of benzene rings is 1. The van der Waals surface area contributed by atoms with E-state index in [1.165, 1.54) is 0 Å². The van der Waals surface area contributed by atoms with E-state index in [-0.39, 0.29) is 11.8 Å². The first-order chi connectivity index (χ1) is 8.44. The first-order valence-corrected chi connectivity index (χ1v) is 7.15. The second kappa shape index (κ2) is 4.45. The molecule has 96 valence electrons. The fourth-order valence-electron chi connectivity index (χ4n) is 1.67. The van der Waals surface area contributed by atoms with Gasteiger partial charge in [0.1, 0.15) is 11.5 Å². The van der Waals surface area contributed by atoms with Crippen molar-refractivity contribution >= 4 is 15.9 Å². The van der Waals surface area contributed by atoms with E-state index in [4.69, 9.17) is 10.2 Å². The maximum Gasteiger partial charge on any atom is 0.292 e. The molecule has 6 heteroatoms. The van der Waals surface area contributed by atoms with E-state index in [1.54, 1.807) is 38.1 Å². The molecule has 2 rings (SSSR count). The van der Waals surface area contributed by atoms with E-state index in [0.29, 0.717) is 16.3 Å². The molecule has 2 N–H and O–H groups in total. The highest BCUT2D eigenvalue weighted by Crippen LogP contribution is 2.25. The van der Waals surface area contributed by atoms with Gasteiger partial charge in [-0.25, -0.2) is 8.42 Å². The molecule has 0 unspecified atom stereocenters.